The van der Waals surface area contributed by atoms with Crippen LogP contribution in [0.1, 0.15) is 38.2 Å². The van der Waals surface area contributed by atoms with E-state index in [2.05, 4.69) is 12.2 Å². The van der Waals surface area contributed by atoms with Gasteiger partial charge in [-0.15, -0.1) is 0 Å². The lowest BCUT2D eigenvalue weighted by atomic mass is 9.86. The molecule has 0 bridgehead atoms. The molecule has 7 nitrogen and oxygen atoms in total. The predicted octanol–water partition coefficient (Wildman–Crippen LogP) is 2.96. The number of carbonyl (C=O) groups excluding carboxylic acids is 2. The van der Waals surface area contributed by atoms with Crippen molar-refractivity contribution >= 4 is 18.0 Å². The molecule has 1 aromatic carbocycles. The van der Waals surface area contributed by atoms with Crippen LogP contribution >= 0.6 is 0 Å². The van der Waals surface area contributed by atoms with Gasteiger partial charge in [-0.3, -0.25) is 4.79 Å². The second-order valence-electron chi connectivity index (χ2n) is 6.83. The van der Waals surface area contributed by atoms with Gasteiger partial charge in [-0.2, -0.15) is 0 Å². The zero-order valence-electron chi connectivity index (χ0n) is 16.9. The number of nitrogens with one attached hydrogen (secondary N) is 1. The summed E-state index contributed by atoms with van der Waals surface area (Å²) in [4.78, 5) is 24.0. The first-order chi connectivity index (χ1) is 13.5. The number of ether oxygens (including phenoxy) is 4. The van der Waals surface area contributed by atoms with Crippen LogP contribution in [0, 0.1) is 5.92 Å². The summed E-state index contributed by atoms with van der Waals surface area (Å²) in [6.07, 6.45) is 7.20. The molecular weight excluding hydrogens is 362 g/mol. The smallest absolute Gasteiger partial charge is 0.331 e. The molecule has 1 aliphatic carbocycles. The maximum Gasteiger partial charge on any atom is 0.331 e. The van der Waals surface area contributed by atoms with Gasteiger partial charge in [0.05, 0.1) is 21.3 Å². The van der Waals surface area contributed by atoms with E-state index in [4.69, 9.17) is 18.9 Å². The van der Waals surface area contributed by atoms with Crippen LogP contribution in [0.25, 0.3) is 6.08 Å². The third-order valence-corrected chi connectivity index (χ3v) is 4.94. The molecule has 28 heavy (non-hydrogen) atoms. The molecule has 0 heterocycles. The highest BCUT2D eigenvalue weighted by atomic mass is 16.5. The van der Waals surface area contributed by atoms with E-state index < -0.39 is 5.97 Å². The number of esters is 1. The largest absolute Gasteiger partial charge is 0.496 e. The van der Waals surface area contributed by atoms with Crippen LogP contribution in [0.2, 0.25) is 0 Å². The lowest BCUT2D eigenvalue weighted by molar-refractivity contribution is -0.144. The Morgan fingerprint density at radius 3 is 2.32 bits per heavy atom. The van der Waals surface area contributed by atoms with Gasteiger partial charge >= 0.3 is 5.97 Å². The summed E-state index contributed by atoms with van der Waals surface area (Å²) < 4.78 is 20.8. The van der Waals surface area contributed by atoms with Crippen molar-refractivity contribution in [3.8, 4) is 17.2 Å². The molecule has 0 saturated heterocycles. The molecule has 1 fully saturated rings. The first kappa shape index (κ1) is 21.6. The monoisotopic (exact) mass is 391 g/mol. The maximum atomic E-state index is 12.0. The molecule has 154 valence electrons. The quantitative estimate of drug-likeness (QED) is 0.542. The van der Waals surface area contributed by atoms with E-state index in [1.807, 2.05) is 0 Å². The number of rotatable bonds is 8. The minimum atomic E-state index is -0.608. The fraction of sp³-hybridized carbons (Fsp3) is 0.524. The Morgan fingerprint density at radius 1 is 1.04 bits per heavy atom. The third kappa shape index (κ3) is 5.90. The Kier molecular flexibility index (Phi) is 8.17. The van der Waals surface area contributed by atoms with Gasteiger partial charge in [0.25, 0.3) is 5.91 Å². The lowest BCUT2D eigenvalue weighted by Gasteiger charge is -2.29. The van der Waals surface area contributed by atoms with Gasteiger partial charge in [0.2, 0.25) is 0 Å². The molecule has 1 aromatic rings. The van der Waals surface area contributed by atoms with Crippen LogP contribution < -0.4 is 19.5 Å². The van der Waals surface area contributed by atoms with Crippen LogP contribution in [-0.4, -0.2) is 45.9 Å². The second kappa shape index (κ2) is 10.6. The fourth-order valence-corrected chi connectivity index (χ4v) is 3.30. The van der Waals surface area contributed by atoms with Crippen LogP contribution in [-0.2, 0) is 14.3 Å². The zero-order valence-corrected chi connectivity index (χ0v) is 16.9. The molecule has 0 aliphatic heterocycles. The average Bonchev–Trinajstić information content (AvgIpc) is 2.71. The normalized spacial score (nSPS) is 19.1. The van der Waals surface area contributed by atoms with E-state index in [-0.39, 0.29) is 18.6 Å². The number of methoxy groups -OCH3 is 3. The fourth-order valence-electron chi connectivity index (χ4n) is 3.30. The molecule has 0 spiro atoms. The second-order valence-corrected chi connectivity index (χ2v) is 6.83. The topological polar surface area (TPSA) is 83.1 Å². The van der Waals surface area contributed by atoms with Crippen molar-refractivity contribution in [1.82, 2.24) is 5.32 Å². The highest BCUT2D eigenvalue weighted by molar-refractivity contribution is 5.90. The summed E-state index contributed by atoms with van der Waals surface area (Å²) in [6, 6.07) is 3.52. The van der Waals surface area contributed by atoms with Gasteiger partial charge in [0, 0.05) is 23.7 Å². The van der Waals surface area contributed by atoms with Gasteiger partial charge in [-0.05, 0) is 30.9 Å². The predicted molar refractivity (Wildman–Crippen MR) is 106 cm³/mol. The molecule has 1 aliphatic rings. The van der Waals surface area contributed by atoms with Gasteiger partial charge in [-0.1, -0.05) is 19.8 Å². The van der Waals surface area contributed by atoms with Crippen LogP contribution in [0.3, 0.4) is 0 Å². The molecule has 1 N–H and O–H groups in total. The van der Waals surface area contributed by atoms with Gasteiger partial charge in [0.1, 0.15) is 5.75 Å². The molecule has 1 saturated carbocycles. The van der Waals surface area contributed by atoms with Crippen LogP contribution in [0.15, 0.2) is 18.2 Å². The SMILES string of the molecule is COc1cc(OC)c(OC)cc1/C=C/C(=O)OCC(=O)N[C@H]1CCCC[C@H]1C. The van der Waals surface area contributed by atoms with Crippen molar-refractivity contribution in [3.63, 3.8) is 0 Å². The van der Waals surface area contributed by atoms with E-state index in [1.165, 1.54) is 33.8 Å². The first-order valence-corrected chi connectivity index (χ1v) is 9.42. The Bertz CT molecular complexity index is 715. The lowest BCUT2D eigenvalue weighted by Crippen LogP contribution is -2.42. The number of hydrogen-bond donors (Lipinski definition) is 1. The highest BCUT2D eigenvalue weighted by Gasteiger charge is 2.23. The molecular formula is C21H29NO6. The summed E-state index contributed by atoms with van der Waals surface area (Å²) in [5.74, 6) is 1.12. The molecule has 7 heteroatoms. The Morgan fingerprint density at radius 2 is 1.68 bits per heavy atom. The van der Waals surface area contributed by atoms with Crippen molar-refractivity contribution in [2.24, 2.45) is 5.92 Å². The van der Waals surface area contributed by atoms with Crippen molar-refractivity contribution in [2.45, 2.75) is 38.6 Å². The summed E-state index contributed by atoms with van der Waals surface area (Å²) in [7, 11) is 4.58. The Balaban J connectivity index is 1.91. The number of carbonyl (C=O) groups is 2. The molecule has 2 rings (SSSR count). The van der Waals surface area contributed by atoms with Gasteiger partial charge in [-0.25, -0.2) is 4.79 Å². The van der Waals surface area contributed by atoms with E-state index in [9.17, 15) is 9.59 Å². The average molecular weight is 391 g/mol. The Hall–Kier alpha value is -2.70. The highest BCUT2D eigenvalue weighted by Crippen LogP contribution is 2.35. The number of amides is 1. The first-order valence-electron chi connectivity index (χ1n) is 9.42. The minimum Gasteiger partial charge on any atom is -0.496 e. The summed E-state index contributed by atoms with van der Waals surface area (Å²) in [5.41, 5.74) is 0.623. The zero-order chi connectivity index (χ0) is 20.5. The van der Waals surface area contributed by atoms with Gasteiger partial charge in [0.15, 0.2) is 18.1 Å². The third-order valence-electron chi connectivity index (χ3n) is 4.94. The van der Waals surface area contributed by atoms with Crippen molar-refractivity contribution in [3.05, 3.63) is 23.8 Å². The van der Waals surface area contributed by atoms with Crippen LogP contribution in [0.5, 0.6) is 17.2 Å². The molecule has 2 atom stereocenters. The van der Waals surface area contributed by atoms with E-state index in [0.29, 0.717) is 28.7 Å². The standard InChI is InChI=1S/C21H29NO6/c1-14-7-5-6-8-16(14)22-20(23)13-28-21(24)10-9-15-11-18(26-3)19(27-4)12-17(15)25-2/h9-12,14,16H,5-8,13H2,1-4H3,(H,22,23)/b10-9+/t14-,16+/m1/s1. The van der Waals surface area contributed by atoms with E-state index >= 15 is 0 Å². The van der Waals surface area contributed by atoms with Crippen LogP contribution in [0.4, 0.5) is 0 Å². The maximum absolute atomic E-state index is 12.0. The molecule has 1 amide bonds. The van der Waals surface area contributed by atoms with Crippen molar-refractivity contribution < 1.29 is 28.5 Å². The van der Waals surface area contributed by atoms with Crippen molar-refractivity contribution in [1.29, 1.82) is 0 Å². The van der Waals surface area contributed by atoms with Gasteiger partial charge < -0.3 is 24.3 Å². The molecule has 0 unspecified atom stereocenters. The molecule has 0 aromatic heterocycles. The Labute approximate surface area is 166 Å². The number of hydrogen-bond acceptors (Lipinski definition) is 6. The summed E-state index contributed by atoms with van der Waals surface area (Å²) in [6.45, 7) is 1.84. The molecule has 0 radical (unpaired) electrons. The number of benzene rings is 1. The van der Waals surface area contributed by atoms with E-state index in [1.54, 1.807) is 18.2 Å². The van der Waals surface area contributed by atoms with E-state index in [0.717, 1.165) is 19.3 Å². The summed E-state index contributed by atoms with van der Waals surface area (Å²) >= 11 is 0. The summed E-state index contributed by atoms with van der Waals surface area (Å²) in [5, 5.41) is 2.95. The van der Waals surface area contributed by atoms with Crippen molar-refractivity contribution in [2.75, 3.05) is 27.9 Å². The minimum absolute atomic E-state index is 0.159.